The minimum atomic E-state index is -0.890. The molecule has 1 aliphatic rings. The number of carboxylic acid groups (broad SMARTS) is 1. The Morgan fingerprint density at radius 3 is 2.61 bits per heavy atom. The number of urea groups is 1. The van der Waals surface area contributed by atoms with Gasteiger partial charge in [-0.3, -0.25) is 4.79 Å². The molecular formula is C12H22N2O4. The zero-order valence-electron chi connectivity index (χ0n) is 11.0. The Labute approximate surface area is 107 Å². The standard InChI is InChI=1S/C12H22N2O4/c1-9(11(15)16)8-14(2)12(17)13-7-10-3-5-18-6-4-10/h9-10H,3-8H2,1-2H3,(H,13,17)(H,15,16). The van der Waals surface area contributed by atoms with Crippen LogP contribution in [0.1, 0.15) is 19.8 Å². The fourth-order valence-electron chi connectivity index (χ4n) is 1.89. The minimum absolute atomic E-state index is 0.213. The summed E-state index contributed by atoms with van der Waals surface area (Å²) < 4.78 is 5.24. The summed E-state index contributed by atoms with van der Waals surface area (Å²) in [4.78, 5) is 23.8. The molecule has 0 saturated carbocycles. The largest absolute Gasteiger partial charge is 0.481 e. The van der Waals surface area contributed by atoms with Gasteiger partial charge in [0, 0.05) is 33.4 Å². The number of carbonyl (C=O) groups excluding carboxylic acids is 1. The van der Waals surface area contributed by atoms with E-state index >= 15 is 0 Å². The summed E-state index contributed by atoms with van der Waals surface area (Å²) in [5.74, 6) is -0.976. The number of aliphatic carboxylic acids is 1. The van der Waals surface area contributed by atoms with Crippen molar-refractivity contribution in [3.63, 3.8) is 0 Å². The Morgan fingerprint density at radius 1 is 1.44 bits per heavy atom. The number of carboxylic acids is 1. The average molecular weight is 258 g/mol. The molecule has 0 aromatic rings. The lowest BCUT2D eigenvalue weighted by atomic mass is 10.0. The molecule has 2 amide bonds. The number of rotatable bonds is 5. The van der Waals surface area contributed by atoms with Gasteiger partial charge in [0.25, 0.3) is 0 Å². The molecule has 1 rings (SSSR count). The molecule has 1 saturated heterocycles. The summed E-state index contributed by atoms with van der Waals surface area (Å²) in [5.41, 5.74) is 0. The predicted octanol–water partition coefficient (Wildman–Crippen LogP) is 0.775. The molecule has 0 radical (unpaired) electrons. The minimum Gasteiger partial charge on any atom is -0.481 e. The molecule has 1 fully saturated rings. The van der Waals surface area contributed by atoms with Crippen LogP contribution in [-0.4, -0.2) is 55.4 Å². The van der Waals surface area contributed by atoms with Crippen LogP contribution in [0.25, 0.3) is 0 Å². The molecule has 6 heteroatoms. The first-order valence-corrected chi connectivity index (χ1v) is 6.30. The van der Waals surface area contributed by atoms with Gasteiger partial charge >= 0.3 is 12.0 Å². The van der Waals surface area contributed by atoms with Crippen molar-refractivity contribution in [3.8, 4) is 0 Å². The van der Waals surface area contributed by atoms with Gasteiger partial charge in [0.2, 0.25) is 0 Å². The van der Waals surface area contributed by atoms with Crippen LogP contribution in [0.3, 0.4) is 0 Å². The lowest BCUT2D eigenvalue weighted by molar-refractivity contribution is -0.141. The Bertz CT molecular complexity index is 290. The monoisotopic (exact) mass is 258 g/mol. The zero-order chi connectivity index (χ0) is 13.5. The van der Waals surface area contributed by atoms with E-state index < -0.39 is 11.9 Å². The lowest BCUT2D eigenvalue weighted by Crippen LogP contribution is -2.43. The van der Waals surface area contributed by atoms with Crippen LogP contribution < -0.4 is 5.32 Å². The number of hydrogen-bond donors (Lipinski definition) is 2. The van der Waals surface area contributed by atoms with Crippen LogP contribution >= 0.6 is 0 Å². The Kier molecular flexibility index (Phi) is 5.91. The quantitative estimate of drug-likeness (QED) is 0.763. The SMILES string of the molecule is CC(CN(C)C(=O)NCC1CCOCC1)C(=O)O. The summed E-state index contributed by atoms with van der Waals surface area (Å²) in [6, 6.07) is -0.213. The molecule has 1 aliphatic heterocycles. The molecule has 0 aliphatic carbocycles. The zero-order valence-corrected chi connectivity index (χ0v) is 11.0. The van der Waals surface area contributed by atoms with E-state index in [0.29, 0.717) is 12.5 Å². The van der Waals surface area contributed by atoms with Crippen LogP contribution in [0.15, 0.2) is 0 Å². The van der Waals surface area contributed by atoms with E-state index in [0.717, 1.165) is 26.1 Å². The highest BCUT2D eigenvalue weighted by Crippen LogP contribution is 2.13. The molecule has 0 aromatic carbocycles. The Hall–Kier alpha value is -1.30. The number of nitrogens with zero attached hydrogens (tertiary/aromatic N) is 1. The van der Waals surface area contributed by atoms with Gasteiger partial charge in [-0.25, -0.2) is 4.79 Å². The van der Waals surface area contributed by atoms with Crippen molar-refractivity contribution >= 4 is 12.0 Å². The average Bonchev–Trinajstić information content (AvgIpc) is 2.36. The van der Waals surface area contributed by atoms with Gasteiger partial charge in [-0.1, -0.05) is 6.92 Å². The highest BCUT2D eigenvalue weighted by atomic mass is 16.5. The third-order valence-corrected chi connectivity index (χ3v) is 3.20. The van der Waals surface area contributed by atoms with Crippen LogP contribution in [-0.2, 0) is 9.53 Å². The molecule has 0 aromatic heterocycles. The van der Waals surface area contributed by atoms with Crippen LogP contribution in [0.4, 0.5) is 4.79 Å². The van der Waals surface area contributed by atoms with Crippen molar-refractivity contribution in [2.24, 2.45) is 11.8 Å². The van der Waals surface area contributed by atoms with E-state index in [9.17, 15) is 9.59 Å². The normalized spacial score (nSPS) is 18.1. The molecule has 1 atom stereocenters. The molecule has 1 heterocycles. The maximum Gasteiger partial charge on any atom is 0.317 e. The van der Waals surface area contributed by atoms with Crippen molar-refractivity contribution in [1.29, 1.82) is 0 Å². The molecule has 18 heavy (non-hydrogen) atoms. The highest BCUT2D eigenvalue weighted by molar-refractivity contribution is 5.75. The fraction of sp³-hybridized carbons (Fsp3) is 0.833. The van der Waals surface area contributed by atoms with Gasteiger partial charge in [0.1, 0.15) is 0 Å². The molecule has 0 bridgehead atoms. The van der Waals surface area contributed by atoms with Crippen molar-refractivity contribution in [3.05, 3.63) is 0 Å². The van der Waals surface area contributed by atoms with Gasteiger partial charge in [-0.2, -0.15) is 0 Å². The summed E-state index contributed by atoms with van der Waals surface area (Å²) >= 11 is 0. The number of carbonyl (C=O) groups is 2. The van der Waals surface area contributed by atoms with Crippen LogP contribution in [0, 0.1) is 11.8 Å². The van der Waals surface area contributed by atoms with E-state index in [-0.39, 0.29) is 12.6 Å². The second-order valence-electron chi connectivity index (χ2n) is 4.86. The summed E-state index contributed by atoms with van der Waals surface area (Å²) in [6.45, 7) is 3.95. The molecule has 104 valence electrons. The van der Waals surface area contributed by atoms with Gasteiger partial charge in [0.15, 0.2) is 0 Å². The molecule has 1 unspecified atom stereocenters. The van der Waals surface area contributed by atoms with Gasteiger partial charge in [0.05, 0.1) is 5.92 Å². The highest BCUT2D eigenvalue weighted by Gasteiger charge is 2.19. The lowest BCUT2D eigenvalue weighted by Gasteiger charge is -2.24. The van der Waals surface area contributed by atoms with E-state index in [1.165, 1.54) is 4.90 Å². The van der Waals surface area contributed by atoms with E-state index in [4.69, 9.17) is 9.84 Å². The first-order valence-electron chi connectivity index (χ1n) is 6.30. The summed E-state index contributed by atoms with van der Waals surface area (Å²) in [6.07, 6.45) is 1.94. The van der Waals surface area contributed by atoms with E-state index in [2.05, 4.69) is 5.32 Å². The second-order valence-corrected chi connectivity index (χ2v) is 4.86. The number of amides is 2. The van der Waals surface area contributed by atoms with Crippen molar-refractivity contribution in [1.82, 2.24) is 10.2 Å². The van der Waals surface area contributed by atoms with Crippen LogP contribution in [0.5, 0.6) is 0 Å². The maximum absolute atomic E-state index is 11.7. The van der Waals surface area contributed by atoms with E-state index in [1.54, 1.807) is 14.0 Å². The maximum atomic E-state index is 11.7. The third-order valence-electron chi connectivity index (χ3n) is 3.20. The van der Waals surface area contributed by atoms with Crippen molar-refractivity contribution in [2.45, 2.75) is 19.8 Å². The van der Waals surface area contributed by atoms with Crippen LogP contribution in [0.2, 0.25) is 0 Å². The Balaban J connectivity index is 2.24. The first kappa shape index (κ1) is 14.8. The van der Waals surface area contributed by atoms with E-state index in [1.807, 2.05) is 0 Å². The van der Waals surface area contributed by atoms with Crippen molar-refractivity contribution in [2.75, 3.05) is 33.4 Å². The topological polar surface area (TPSA) is 78.9 Å². The van der Waals surface area contributed by atoms with Gasteiger partial charge < -0.3 is 20.1 Å². The number of ether oxygens (including phenoxy) is 1. The second kappa shape index (κ2) is 7.20. The van der Waals surface area contributed by atoms with Gasteiger partial charge in [-0.05, 0) is 18.8 Å². The smallest absolute Gasteiger partial charge is 0.317 e. The molecular weight excluding hydrogens is 236 g/mol. The third kappa shape index (κ3) is 4.91. The predicted molar refractivity (Wildman–Crippen MR) is 66.4 cm³/mol. The fourth-order valence-corrected chi connectivity index (χ4v) is 1.89. The summed E-state index contributed by atoms with van der Waals surface area (Å²) in [7, 11) is 1.61. The summed E-state index contributed by atoms with van der Waals surface area (Å²) in [5, 5.41) is 11.6. The first-order chi connectivity index (χ1) is 8.50. The molecule has 6 nitrogen and oxygen atoms in total. The molecule has 0 spiro atoms. The number of hydrogen-bond acceptors (Lipinski definition) is 3. The Morgan fingerprint density at radius 2 is 2.06 bits per heavy atom. The number of nitrogens with one attached hydrogen (secondary N) is 1. The molecule has 2 N–H and O–H groups in total. The van der Waals surface area contributed by atoms with Crippen molar-refractivity contribution < 1.29 is 19.4 Å². The van der Waals surface area contributed by atoms with Gasteiger partial charge in [-0.15, -0.1) is 0 Å².